The molecule has 1 N–H and O–H groups in total. The Balaban J connectivity index is 2.25. The lowest BCUT2D eigenvalue weighted by Gasteiger charge is -2.21. The zero-order valence-corrected chi connectivity index (χ0v) is 14.1. The summed E-state index contributed by atoms with van der Waals surface area (Å²) in [5.74, 6) is 0. The second kappa shape index (κ2) is 6.56. The molecule has 0 amide bonds. The van der Waals surface area contributed by atoms with E-state index in [2.05, 4.69) is 19.2 Å². The molecule has 1 unspecified atom stereocenters. The van der Waals surface area contributed by atoms with Crippen molar-refractivity contribution in [2.45, 2.75) is 56.8 Å². The van der Waals surface area contributed by atoms with Gasteiger partial charge in [0.2, 0.25) is 0 Å². The fraction of sp³-hybridized carbons (Fsp3) is 0.714. The lowest BCUT2D eigenvalue weighted by atomic mass is 10.2. The van der Waals surface area contributed by atoms with Crippen LogP contribution in [-0.4, -0.2) is 31.9 Å². The fourth-order valence-electron chi connectivity index (χ4n) is 2.68. The standard InChI is InChI=1S/C14H24N2O2S2/c1-4-12-7-6-8-16(12)20(17,18)14-9-11(3)13(19-14)10-15-5-2/h9,12,15H,4-8,10H2,1-3H3. The minimum absolute atomic E-state index is 0.180. The van der Waals surface area contributed by atoms with E-state index in [1.165, 1.54) is 11.3 Å². The molecule has 1 fully saturated rings. The minimum Gasteiger partial charge on any atom is -0.312 e. The monoisotopic (exact) mass is 316 g/mol. The molecule has 1 aliphatic heterocycles. The van der Waals surface area contributed by atoms with Gasteiger partial charge in [0.05, 0.1) is 0 Å². The van der Waals surface area contributed by atoms with Gasteiger partial charge in [-0.2, -0.15) is 4.31 Å². The maximum atomic E-state index is 12.8. The topological polar surface area (TPSA) is 49.4 Å². The predicted octanol–water partition coefficient (Wildman–Crippen LogP) is 2.73. The van der Waals surface area contributed by atoms with E-state index in [-0.39, 0.29) is 6.04 Å². The van der Waals surface area contributed by atoms with Crippen LogP contribution in [0.1, 0.15) is 43.6 Å². The van der Waals surface area contributed by atoms with E-state index in [1.54, 1.807) is 4.31 Å². The summed E-state index contributed by atoms with van der Waals surface area (Å²) in [5, 5.41) is 3.26. The number of thiophene rings is 1. The molecule has 4 nitrogen and oxygen atoms in total. The minimum atomic E-state index is -3.30. The van der Waals surface area contributed by atoms with Crippen LogP contribution in [0.4, 0.5) is 0 Å². The summed E-state index contributed by atoms with van der Waals surface area (Å²) >= 11 is 1.41. The summed E-state index contributed by atoms with van der Waals surface area (Å²) in [6, 6.07) is 2.01. The largest absolute Gasteiger partial charge is 0.312 e. The Morgan fingerprint density at radius 3 is 2.85 bits per heavy atom. The Bertz CT molecular complexity index is 552. The number of nitrogens with zero attached hydrogens (tertiary/aromatic N) is 1. The van der Waals surface area contributed by atoms with Crippen LogP contribution >= 0.6 is 11.3 Å². The molecule has 0 bridgehead atoms. The normalized spacial score (nSPS) is 20.6. The van der Waals surface area contributed by atoms with E-state index in [4.69, 9.17) is 0 Å². The molecule has 1 aromatic heterocycles. The molecule has 20 heavy (non-hydrogen) atoms. The molecular formula is C14H24N2O2S2. The second-order valence-corrected chi connectivity index (χ2v) is 8.53. The summed E-state index contributed by atoms with van der Waals surface area (Å²) in [6.07, 6.45) is 2.87. The number of rotatable bonds is 6. The highest BCUT2D eigenvalue weighted by Crippen LogP contribution is 2.33. The van der Waals surface area contributed by atoms with Gasteiger partial charge in [-0.15, -0.1) is 11.3 Å². The Labute approximate surface area is 126 Å². The molecule has 114 valence electrons. The quantitative estimate of drug-likeness (QED) is 0.878. The first-order valence-electron chi connectivity index (χ1n) is 7.32. The summed E-state index contributed by atoms with van der Waals surface area (Å²) < 4.78 is 27.7. The molecule has 2 rings (SSSR count). The number of aryl methyl sites for hydroxylation is 1. The number of hydrogen-bond donors (Lipinski definition) is 1. The first-order chi connectivity index (χ1) is 9.50. The summed E-state index contributed by atoms with van der Waals surface area (Å²) in [5.41, 5.74) is 1.07. The van der Waals surface area contributed by atoms with E-state index >= 15 is 0 Å². The summed E-state index contributed by atoms with van der Waals surface area (Å²) in [6.45, 7) is 8.42. The first kappa shape index (κ1) is 15.9. The zero-order chi connectivity index (χ0) is 14.8. The highest BCUT2D eigenvalue weighted by Gasteiger charge is 2.35. The van der Waals surface area contributed by atoms with Crippen LogP contribution in [0.25, 0.3) is 0 Å². The van der Waals surface area contributed by atoms with Gasteiger partial charge in [-0.3, -0.25) is 0 Å². The van der Waals surface area contributed by atoms with Crippen LogP contribution in [-0.2, 0) is 16.6 Å². The van der Waals surface area contributed by atoms with E-state index < -0.39 is 10.0 Å². The van der Waals surface area contributed by atoms with Gasteiger partial charge in [-0.25, -0.2) is 8.42 Å². The van der Waals surface area contributed by atoms with Crippen LogP contribution < -0.4 is 5.32 Å². The molecular weight excluding hydrogens is 292 g/mol. The molecule has 1 aromatic rings. The van der Waals surface area contributed by atoms with Crippen molar-refractivity contribution in [3.63, 3.8) is 0 Å². The molecule has 1 aliphatic rings. The zero-order valence-electron chi connectivity index (χ0n) is 12.5. The second-order valence-electron chi connectivity index (χ2n) is 5.27. The van der Waals surface area contributed by atoms with Gasteiger partial charge < -0.3 is 5.32 Å². The van der Waals surface area contributed by atoms with Crippen molar-refractivity contribution >= 4 is 21.4 Å². The molecule has 0 aliphatic carbocycles. The lowest BCUT2D eigenvalue weighted by Crippen LogP contribution is -2.34. The highest BCUT2D eigenvalue weighted by molar-refractivity contribution is 7.91. The smallest absolute Gasteiger partial charge is 0.252 e. The Kier molecular flexibility index (Phi) is 5.23. The number of nitrogens with one attached hydrogen (secondary N) is 1. The molecule has 1 atom stereocenters. The van der Waals surface area contributed by atoms with Gasteiger partial charge >= 0.3 is 0 Å². The summed E-state index contributed by atoms with van der Waals surface area (Å²) in [7, 11) is -3.30. The van der Waals surface area contributed by atoms with Crippen molar-refractivity contribution in [3.05, 3.63) is 16.5 Å². The molecule has 0 spiro atoms. The van der Waals surface area contributed by atoms with Crippen LogP contribution in [0.3, 0.4) is 0 Å². The van der Waals surface area contributed by atoms with Crippen LogP contribution in [0.15, 0.2) is 10.3 Å². The van der Waals surface area contributed by atoms with Gasteiger partial charge in [0.25, 0.3) is 10.0 Å². The van der Waals surface area contributed by atoms with Crippen molar-refractivity contribution < 1.29 is 8.42 Å². The average Bonchev–Trinajstić information content (AvgIpc) is 3.03. The molecule has 1 saturated heterocycles. The Morgan fingerprint density at radius 2 is 2.20 bits per heavy atom. The Morgan fingerprint density at radius 1 is 1.45 bits per heavy atom. The third-order valence-corrected chi connectivity index (χ3v) is 7.53. The molecule has 0 saturated carbocycles. The Hall–Kier alpha value is -0.430. The third kappa shape index (κ3) is 3.08. The molecule has 6 heteroatoms. The fourth-order valence-corrected chi connectivity index (χ4v) is 6.14. The van der Waals surface area contributed by atoms with Gasteiger partial charge in [-0.1, -0.05) is 13.8 Å². The number of hydrogen-bond acceptors (Lipinski definition) is 4. The van der Waals surface area contributed by atoms with E-state index in [9.17, 15) is 8.42 Å². The van der Waals surface area contributed by atoms with Crippen molar-refractivity contribution in [2.24, 2.45) is 0 Å². The lowest BCUT2D eigenvalue weighted by molar-refractivity contribution is 0.380. The van der Waals surface area contributed by atoms with Crippen molar-refractivity contribution in [1.82, 2.24) is 9.62 Å². The maximum Gasteiger partial charge on any atom is 0.252 e. The van der Waals surface area contributed by atoms with Crippen molar-refractivity contribution in [1.29, 1.82) is 0 Å². The van der Waals surface area contributed by atoms with E-state index in [0.29, 0.717) is 10.8 Å². The average molecular weight is 316 g/mol. The van der Waals surface area contributed by atoms with Crippen molar-refractivity contribution in [3.8, 4) is 0 Å². The van der Waals surface area contributed by atoms with Gasteiger partial charge in [0.15, 0.2) is 0 Å². The third-order valence-electron chi connectivity index (χ3n) is 3.89. The van der Waals surface area contributed by atoms with Crippen LogP contribution in [0, 0.1) is 6.92 Å². The van der Waals surface area contributed by atoms with Gasteiger partial charge in [-0.05, 0) is 44.4 Å². The SMILES string of the molecule is CCNCc1sc(S(=O)(=O)N2CCCC2CC)cc1C. The van der Waals surface area contributed by atoms with Gasteiger partial charge in [0, 0.05) is 24.0 Å². The first-order valence-corrected chi connectivity index (χ1v) is 9.58. The van der Waals surface area contributed by atoms with E-state index in [1.807, 2.05) is 13.0 Å². The summed E-state index contributed by atoms with van der Waals surface area (Å²) in [4.78, 5) is 1.12. The van der Waals surface area contributed by atoms with Crippen LogP contribution in [0.2, 0.25) is 0 Å². The maximum absolute atomic E-state index is 12.8. The molecule has 2 heterocycles. The molecule has 0 aromatic carbocycles. The van der Waals surface area contributed by atoms with Crippen LogP contribution in [0.5, 0.6) is 0 Å². The van der Waals surface area contributed by atoms with E-state index in [0.717, 1.165) is 42.8 Å². The predicted molar refractivity (Wildman–Crippen MR) is 83.6 cm³/mol. The molecule has 0 radical (unpaired) electrons. The van der Waals surface area contributed by atoms with Crippen molar-refractivity contribution in [2.75, 3.05) is 13.1 Å². The highest BCUT2D eigenvalue weighted by atomic mass is 32.2. The van der Waals surface area contributed by atoms with Gasteiger partial charge in [0.1, 0.15) is 4.21 Å². The number of sulfonamides is 1.